The summed E-state index contributed by atoms with van der Waals surface area (Å²) in [6, 6.07) is -0.0770. The molecule has 0 aromatic carbocycles. The second-order valence-corrected chi connectivity index (χ2v) is 6.00. The molecule has 1 unspecified atom stereocenters. The molecule has 1 fully saturated rings. The van der Waals surface area contributed by atoms with Gasteiger partial charge in [-0.25, -0.2) is 0 Å². The summed E-state index contributed by atoms with van der Waals surface area (Å²) in [6.07, 6.45) is 1.53. The van der Waals surface area contributed by atoms with E-state index in [0.717, 1.165) is 6.42 Å². The summed E-state index contributed by atoms with van der Waals surface area (Å²) in [4.78, 5) is 0. The highest BCUT2D eigenvalue weighted by molar-refractivity contribution is 7.87. The molecule has 0 aromatic rings. The fourth-order valence-corrected chi connectivity index (χ4v) is 3.30. The van der Waals surface area contributed by atoms with Gasteiger partial charge in [-0.15, -0.1) is 0 Å². The molecule has 0 aromatic heterocycles. The lowest BCUT2D eigenvalue weighted by Gasteiger charge is -2.18. The van der Waals surface area contributed by atoms with E-state index in [4.69, 9.17) is 5.11 Å². The van der Waals surface area contributed by atoms with Crippen LogP contribution in [0.1, 0.15) is 26.7 Å². The summed E-state index contributed by atoms with van der Waals surface area (Å²) in [6.45, 7) is 4.84. The first-order valence-corrected chi connectivity index (χ1v) is 6.78. The Balaban J connectivity index is 2.52. The summed E-state index contributed by atoms with van der Waals surface area (Å²) in [5.41, 5.74) is 0. The van der Waals surface area contributed by atoms with Crippen molar-refractivity contribution >= 4 is 10.2 Å². The monoisotopic (exact) mass is 236 g/mol. The molecule has 0 amide bonds. The number of hydrogen-bond donors (Lipinski definition) is 2. The Hall–Kier alpha value is -0.170. The first kappa shape index (κ1) is 12.9. The summed E-state index contributed by atoms with van der Waals surface area (Å²) in [7, 11) is -3.31. The van der Waals surface area contributed by atoms with Gasteiger partial charge in [0.1, 0.15) is 0 Å². The molecule has 1 heterocycles. The van der Waals surface area contributed by atoms with Gasteiger partial charge in [0.15, 0.2) is 0 Å². The van der Waals surface area contributed by atoms with Crippen LogP contribution in [-0.2, 0) is 10.2 Å². The van der Waals surface area contributed by atoms with Crippen LogP contribution in [-0.4, -0.2) is 43.6 Å². The summed E-state index contributed by atoms with van der Waals surface area (Å²) in [5, 5.41) is 8.78. The van der Waals surface area contributed by atoms with Crippen LogP contribution >= 0.6 is 0 Å². The molecular weight excluding hydrogens is 216 g/mol. The third kappa shape index (κ3) is 3.71. The van der Waals surface area contributed by atoms with E-state index in [-0.39, 0.29) is 12.6 Å². The Morgan fingerprint density at radius 3 is 2.73 bits per heavy atom. The predicted octanol–water partition coefficient (Wildman–Crippen LogP) is -0.0665. The summed E-state index contributed by atoms with van der Waals surface area (Å²) >= 11 is 0. The highest BCUT2D eigenvalue weighted by Crippen LogP contribution is 2.21. The third-order valence-electron chi connectivity index (χ3n) is 2.51. The standard InChI is InChI=1S/C9H20N2O3S/c1-8(2)10-15(13,14)11-5-3-9(7-11)4-6-12/h8-10,12H,3-7H2,1-2H3. The maximum Gasteiger partial charge on any atom is 0.279 e. The van der Waals surface area contributed by atoms with Crippen LogP contribution in [0.15, 0.2) is 0 Å². The highest BCUT2D eigenvalue weighted by Gasteiger charge is 2.30. The molecule has 15 heavy (non-hydrogen) atoms. The van der Waals surface area contributed by atoms with Gasteiger partial charge in [0.05, 0.1) is 0 Å². The summed E-state index contributed by atoms with van der Waals surface area (Å²) < 4.78 is 27.5. The molecule has 0 spiro atoms. The maximum absolute atomic E-state index is 11.7. The number of hydrogen-bond acceptors (Lipinski definition) is 3. The van der Waals surface area contributed by atoms with Gasteiger partial charge in [0.25, 0.3) is 10.2 Å². The summed E-state index contributed by atoms with van der Waals surface area (Å²) in [5.74, 6) is 0.304. The average molecular weight is 236 g/mol. The van der Waals surface area contributed by atoms with Crippen molar-refractivity contribution < 1.29 is 13.5 Å². The fourth-order valence-electron chi connectivity index (χ4n) is 1.81. The number of rotatable bonds is 5. The zero-order valence-corrected chi connectivity index (χ0v) is 10.1. The van der Waals surface area contributed by atoms with E-state index in [1.165, 1.54) is 4.31 Å². The normalized spacial score (nSPS) is 23.9. The Labute approximate surface area is 91.7 Å². The van der Waals surface area contributed by atoms with E-state index in [0.29, 0.717) is 25.4 Å². The highest BCUT2D eigenvalue weighted by atomic mass is 32.2. The molecule has 1 aliphatic heterocycles. The van der Waals surface area contributed by atoms with Crippen LogP contribution in [0.25, 0.3) is 0 Å². The molecule has 90 valence electrons. The molecule has 1 rings (SSSR count). The molecule has 6 heteroatoms. The van der Waals surface area contributed by atoms with Crippen molar-refractivity contribution in [1.82, 2.24) is 9.03 Å². The molecule has 1 aliphatic rings. The Morgan fingerprint density at radius 2 is 2.20 bits per heavy atom. The molecule has 0 aliphatic carbocycles. The molecule has 1 atom stereocenters. The van der Waals surface area contributed by atoms with E-state index >= 15 is 0 Å². The molecule has 1 saturated heterocycles. The molecule has 0 radical (unpaired) electrons. The Morgan fingerprint density at radius 1 is 1.53 bits per heavy atom. The zero-order chi connectivity index (χ0) is 11.5. The van der Waals surface area contributed by atoms with Crippen LogP contribution < -0.4 is 4.72 Å². The molecular formula is C9H20N2O3S. The quantitative estimate of drug-likeness (QED) is 0.702. The van der Waals surface area contributed by atoms with E-state index in [2.05, 4.69) is 4.72 Å². The smallest absolute Gasteiger partial charge is 0.279 e. The van der Waals surface area contributed by atoms with E-state index < -0.39 is 10.2 Å². The SMILES string of the molecule is CC(C)NS(=O)(=O)N1CCC(CCO)C1. The third-order valence-corrected chi connectivity index (χ3v) is 4.29. The van der Waals surface area contributed by atoms with E-state index in [9.17, 15) is 8.42 Å². The first-order valence-electron chi connectivity index (χ1n) is 5.34. The largest absolute Gasteiger partial charge is 0.396 e. The maximum atomic E-state index is 11.7. The van der Waals surface area contributed by atoms with Gasteiger partial charge in [0.2, 0.25) is 0 Å². The first-order chi connectivity index (χ1) is 6.95. The van der Waals surface area contributed by atoms with Gasteiger partial charge in [-0.1, -0.05) is 0 Å². The van der Waals surface area contributed by atoms with Crippen LogP contribution in [0.3, 0.4) is 0 Å². The molecule has 0 bridgehead atoms. The van der Waals surface area contributed by atoms with Crippen molar-refractivity contribution in [1.29, 1.82) is 0 Å². The van der Waals surface area contributed by atoms with Gasteiger partial charge in [0, 0.05) is 25.7 Å². The van der Waals surface area contributed by atoms with Gasteiger partial charge in [-0.3, -0.25) is 0 Å². The number of aliphatic hydroxyl groups excluding tert-OH is 1. The van der Waals surface area contributed by atoms with Crippen molar-refractivity contribution in [2.24, 2.45) is 5.92 Å². The lowest BCUT2D eigenvalue weighted by molar-refractivity contribution is 0.259. The number of aliphatic hydroxyl groups is 1. The number of nitrogens with one attached hydrogen (secondary N) is 1. The van der Waals surface area contributed by atoms with Crippen molar-refractivity contribution in [3.05, 3.63) is 0 Å². The minimum absolute atomic E-state index is 0.0770. The van der Waals surface area contributed by atoms with Crippen LogP contribution in [0.4, 0.5) is 0 Å². The van der Waals surface area contributed by atoms with Crippen LogP contribution in [0.2, 0.25) is 0 Å². The van der Waals surface area contributed by atoms with Gasteiger partial charge >= 0.3 is 0 Å². The predicted molar refractivity (Wildman–Crippen MR) is 58.6 cm³/mol. The molecule has 2 N–H and O–H groups in total. The van der Waals surface area contributed by atoms with Crippen molar-refractivity contribution in [2.75, 3.05) is 19.7 Å². The average Bonchev–Trinajstić information content (AvgIpc) is 2.51. The van der Waals surface area contributed by atoms with E-state index in [1.807, 2.05) is 0 Å². The second-order valence-electron chi connectivity index (χ2n) is 4.30. The van der Waals surface area contributed by atoms with Gasteiger partial charge in [-0.2, -0.15) is 17.4 Å². The minimum Gasteiger partial charge on any atom is -0.396 e. The molecule has 0 saturated carbocycles. The van der Waals surface area contributed by atoms with Gasteiger partial charge < -0.3 is 5.11 Å². The number of nitrogens with zero attached hydrogens (tertiary/aromatic N) is 1. The van der Waals surface area contributed by atoms with Gasteiger partial charge in [-0.05, 0) is 32.6 Å². The Kier molecular flexibility index (Phi) is 4.51. The zero-order valence-electron chi connectivity index (χ0n) is 9.31. The van der Waals surface area contributed by atoms with Crippen molar-refractivity contribution in [2.45, 2.75) is 32.7 Å². The molecule has 5 nitrogen and oxygen atoms in total. The van der Waals surface area contributed by atoms with Crippen molar-refractivity contribution in [3.8, 4) is 0 Å². The van der Waals surface area contributed by atoms with E-state index in [1.54, 1.807) is 13.8 Å². The topological polar surface area (TPSA) is 69.6 Å². The second kappa shape index (κ2) is 5.25. The fraction of sp³-hybridized carbons (Fsp3) is 1.00. The van der Waals surface area contributed by atoms with Crippen molar-refractivity contribution in [3.63, 3.8) is 0 Å². The van der Waals surface area contributed by atoms with Crippen LogP contribution in [0, 0.1) is 5.92 Å². The lowest BCUT2D eigenvalue weighted by atomic mass is 10.1. The minimum atomic E-state index is -3.31. The Bertz CT molecular complexity index is 290. The van der Waals surface area contributed by atoms with Crippen LogP contribution in [0.5, 0.6) is 0 Å². The lowest BCUT2D eigenvalue weighted by Crippen LogP contribution is -2.42.